The van der Waals surface area contributed by atoms with Crippen LogP contribution < -0.4 is 0 Å². The molecule has 2 rings (SSSR count). The molecule has 2 heterocycles. The number of hydrogen-bond acceptors (Lipinski definition) is 3. The van der Waals surface area contributed by atoms with E-state index in [-0.39, 0.29) is 18.7 Å². The van der Waals surface area contributed by atoms with Crippen molar-refractivity contribution in [1.29, 1.82) is 0 Å². The monoisotopic (exact) mass is 227 g/mol. The zero-order valence-corrected chi connectivity index (χ0v) is 9.22. The van der Waals surface area contributed by atoms with Crippen LogP contribution in [0.15, 0.2) is 0 Å². The molecule has 2 aliphatic heterocycles. The fourth-order valence-corrected chi connectivity index (χ4v) is 2.46. The van der Waals surface area contributed by atoms with E-state index < -0.39 is 5.97 Å². The van der Waals surface area contributed by atoms with Gasteiger partial charge in [-0.2, -0.15) is 0 Å². The number of piperidine rings is 1. The summed E-state index contributed by atoms with van der Waals surface area (Å²) in [6.07, 6.45) is 1.04. The number of hydrogen-bond donors (Lipinski definition) is 1. The van der Waals surface area contributed by atoms with Crippen molar-refractivity contribution in [1.82, 2.24) is 4.90 Å². The minimum Gasteiger partial charge on any atom is -0.481 e. The van der Waals surface area contributed by atoms with E-state index in [4.69, 9.17) is 9.84 Å². The Kier molecular flexibility index (Phi) is 3.43. The molecule has 0 aromatic carbocycles. The molecule has 0 bridgehead atoms. The molecular weight excluding hydrogens is 210 g/mol. The van der Waals surface area contributed by atoms with Crippen LogP contribution in [0.3, 0.4) is 0 Å². The number of amides is 1. The van der Waals surface area contributed by atoms with Crippen molar-refractivity contribution in [2.45, 2.75) is 19.3 Å². The number of likely N-dealkylation sites (tertiary alicyclic amines) is 1. The molecule has 0 aromatic rings. The Labute approximate surface area is 94.4 Å². The highest BCUT2D eigenvalue weighted by Crippen LogP contribution is 2.29. The van der Waals surface area contributed by atoms with Crippen LogP contribution in [-0.2, 0) is 14.3 Å². The number of carboxylic acids is 1. The average molecular weight is 227 g/mol. The van der Waals surface area contributed by atoms with E-state index in [1.54, 1.807) is 4.90 Å². The van der Waals surface area contributed by atoms with Crippen LogP contribution in [0.4, 0.5) is 0 Å². The van der Waals surface area contributed by atoms with E-state index >= 15 is 0 Å². The minimum atomic E-state index is -0.910. The van der Waals surface area contributed by atoms with Crippen LogP contribution in [0.25, 0.3) is 0 Å². The van der Waals surface area contributed by atoms with Crippen LogP contribution >= 0.6 is 0 Å². The lowest BCUT2D eigenvalue weighted by Gasteiger charge is -2.33. The van der Waals surface area contributed by atoms with Gasteiger partial charge in [0.1, 0.15) is 0 Å². The minimum absolute atomic E-state index is 0.0345. The van der Waals surface area contributed by atoms with Gasteiger partial charge in [-0.25, -0.2) is 0 Å². The Hall–Kier alpha value is -1.10. The van der Waals surface area contributed by atoms with Crippen molar-refractivity contribution in [2.75, 3.05) is 26.3 Å². The maximum Gasteiger partial charge on any atom is 0.303 e. The van der Waals surface area contributed by atoms with Gasteiger partial charge in [0.15, 0.2) is 0 Å². The summed E-state index contributed by atoms with van der Waals surface area (Å²) in [7, 11) is 0. The third-order valence-corrected chi connectivity index (χ3v) is 3.46. The van der Waals surface area contributed by atoms with E-state index in [1.165, 1.54) is 0 Å². The Balaban J connectivity index is 1.81. The molecule has 16 heavy (non-hydrogen) atoms. The van der Waals surface area contributed by atoms with Gasteiger partial charge in [0.2, 0.25) is 5.91 Å². The summed E-state index contributed by atoms with van der Waals surface area (Å²) in [6.45, 7) is 3.06. The molecular formula is C11H17NO4. The molecule has 2 unspecified atom stereocenters. The summed E-state index contributed by atoms with van der Waals surface area (Å²) in [4.78, 5) is 23.9. The van der Waals surface area contributed by atoms with Crippen molar-refractivity contribution in [2.24, 2.45) is 11.8 Å². The molecule has 2 aliphatic rings. The van der Waals surface area contributed by atoms with E-state index in [9.17, 15) is 9.59 Å². The molecule has 0 spiro atoms. The Bertz CT molecular complexity index is 292. The van der Waals surface area contributed by atoms with Crippen LogP contribution in [-0.4, -0.2) is 48.2 Å². The van der Waals surface area contributed by atoms with Gasteiger partial charge in [0.25, 0.3) is 0 Å². The summed E-state index contributed by atoms with van der Waals surface area (Å²) < 4.78 is 5.39. The van der Waals surface area contributed by atoms with Gasteiger partial charge < -0.3 is 14.7 Å². The molecule has 0 radical (unpaired) electrons. The Morgan fingerprint density at radius 2 is 2.00 bits per heavy atom. The third kappa shape index (κ3) is 2.52. The van der Waals surface area contributed by atoms with Crippen LogP contribution in [0.5, 0.6) is 0 Å². The molecule has 0 aromatic heterocycles. The van der Waals surface area contributed by atoms with E-state index in [0.717, 1.165) is 32.7 Å². The maximum atomic E-state index is 11.7. The van der Waals surface area contributed by atoms with Gasteiger partial charge in [-0.15, -0.1) is 0 Å². The summed E-state index contributed by atoms with van der Waals surface area (Å²) in [5.74, 6) is 0.117. The molecule has 1 amide bonds. The first kappa shape index (κ1) is 11.4. The standard InChI is InChI=1S/C11H17NO4/c13-10(1-2-11(14)15)12-4-3-8-6-16-7-9(8)5-12/h8-9H,1-7H2,(H,14,15). The molecule has 2 atom stereocenters. The third-order valence-electron chi connectivity index (χ3n) is 3.46. The van der Waals surface area contributed by atoms with Gasteiger partial charge >= 0.3 is 5.97 Å². The van der Waals surface area contributed by atoms with E-state index in [1.807, 2.05) is 0 Å². The second-order valence-corrected chi connectivity index (χ2v) is 4.58. The highest BCUT2D eigenvalue weighted by atomic mass is 16.5. The number of carbonyl (C=O) groups excluding carboxylic acids is 1. The first-order valence-electron chi connectivity index (χ1n) is 5.74. The predicted octanol–water partition coefficient (Wildman–Crippen LogP) is 0.346. The van der Waals surface area contributed by atoms with Gasteiger partial charge in [-0.05, 0) is 12.3 Å². The van der Waals surface area contributed by atoms with E-state index in [2.05, 4.69) is 0 Å². The second kappa shape index (κ2) is 4.82. The SMILES string of the molecule is O=C(O)CCC(=O)N1CCC2COCC2C1. The van der Waals surface area contributed by atoms with Crippen LogP contribution in [0.1, 0.15) is 19.3 Å². The highest BCUT2D eigenvalue weighted by molar-refractivity contribution is 5.80. The predicted molar refractivity (Wildman–Crippen MR) is 55.9 cm³/mol. The van der Waals surface area contributed by atoms with Gasteiger partial charge in [0, 0.05) is 32.0 Å². The van der Waals surface area contributed by atoms with Crippen LogP contribution in [0, 0.1) is 11.8 Å². The molecule has 0 aliphatic carbocycles. The number of carboxylic acid groups (broad SMARTS) is 1. The number of aliphatic carboxylic acids is 1. The number of rotatable bonds is 3. The van der Waals surface area contributed by atoms with Crippen molar-refractivity contribution in [3.05, 3.63) is 0 Å². The van der Waals surface area contributed by atoms with E-state index in [0.29, 0.717) is 11.8 Å². The van der Waals surface area contributed by atoms with Crippen molar-refractivity contribution >= 4 is 11.9 Å². The fraction of sp³-hybridized carbons (Fsp3) is 0.818. The highest BCUT2D eigenvalue weighted by Gasteiger charge is 2.35. The van der Waals surface area contributed by atoms with Crippen LogP contribution in [0.2, 0.25) is 0 Å². The first-order valence-corrected chi connectivity index (χ1v) is 5.74. The summed E-state index contributed by atoms with van der Waals surface area (Å²) in [5, 5.41) is 8.52. The molecule has 90 valence electrons. The molecule has 2 saturated heterocycles. The van der Waals surface area contributed by atoms with Gasteiger partial charge in [-0.3, -0.25) is 9.59 Å². The molecule has 1 N–H and O–H groups in total. The maximum absolute atomic E-state index is 11.7. The largest absolute Gasteiger partial charge is 0.481 e. The second-order valence-electron chi connectivity index (χ2n) is 4.58. The number of nitrogens with zero attached hydrogens (tertiary/aromatic N) is 1. The molecule has 2 fully saturated rings. The average Bonchev–Trinajstić information content (AvgIpc) is 2.72. The van der Waals surface area contributed by atoms with Crippen molar-refractivity contribution < 1.29 is 19.4 Å². The molecule has 0 saturated carbocycles. The first-order chi connectivity index (χ1) is 7.66. The van der Waals surface area contributed by atoms with Crippen molar-refractivity contribution in [3.8, 4) is 0 Å². The quantitative estimate of drug-likeness (QED) is 0.755. The lowest BCUT2D eigenvalue weighted by Crippen LogP contribution is -2.43. The zero-order valence-electron chi connectivity index (χ0n) is 9.22. The fourth-order valence-electron chi connectivity index (χ4n) is 2.46. The zero-order chi connectivity index (χ0) is 11.5. The number of carbonyl (C=O) groups is 2. The van der Waals surface area contributed by atoms with Gasteiger partial charge in [0.05, 0.1) is 13.0 Å². The smallest absolute Gasteiger partial charge is 0.303 e. The normalized spacial score (nSPS) is 28.9. The van der Waals surface area contributed by atoms with Crippen molar-refractivity contribution in [3.63, 3.8) is 0 Å². The van der Waals surface area contributed by atoms with Gasteiger partial charge in [-0.1, -0.05) is 0 Å². The number of ether oxygens (including phenoxy) is 1. The summed E-state index contributed by atoms with van der Waals surface area (Å²) >= 11 is 0. The lowest BCUT2D eigenvalue weighted by molar-refractivity contribution is -0.141. The topological polar surface area (TPSA) is 66.8 Å². The summed E-state index contributed by atoms with van der Waals surface area (Å²) in [5.41, 5.74) is 0. The lowest BCUT2D eigenvalue weighted by atomic mass is 9.88. The summed E-state index contributed by atoms with van der Waals surface area (Å²) in [6, 6.07) is 0. The number of fused-ring (bicyclic) bond motifs is 1. The Morgan fingerprint density at radius 3 is 2.75 bits per heavy atom. The molecule has 5 heteroatoms. The molecule has 5 nitrogen and oxygen atoms in total. The Morgan fingerprint density at radius 1 is 1.25 bits per heavy atom.